The summed E-state index contributed by atoms with van der Waals surface area (Å²) in [5, 5.41) is 3.84. The number of methoxy groups -OCH3 is 1. The molecule has 1 heterocycles. The van der Waals surface area contributed by atoms with Crippen molar-refractivity contribution in [3.8, 4) is 5.75 Å². The number of hydrogen-bond acceptors (Lipinski definition) is 4. The lowest BCUT2D eigenvalue weighted by molar-refractivity contribution is -0.136. The van der Waals surface area contributed by atoms with Crippen LogP contribution >= 0.6 is 11.6 Å². The number of likely N-dealkylation sites (tertiary alicyclic amines) is 1. The summed E-state index contributed by atoms with van der Waals surface area (Å²) in [7, 11) is 1.71. The van der Waals surface area contributed by atoms with Crippen molar-refractivity contribution in [2.24, 2.45) is 5.92 Å². The molecule has 0 radical (unpaired) electrons. The number of benzene rings is 2. The van der Waals surface area contributed by atoms with Gasteiger partial charge in [0.15, 0.2) is 6.61 Å². The molecule has 2 atom stereocenters. The van der Waals surface area contributed by atoms with Crippen molar-refractivity contribution in [2.45, 2.75) is 44.2 Å². The minimum absolute atomic E-state index is 0.00794. The lowest BCUT2D eigenvalue weighted by Crippen LogP contribution is -2.52. The van der Waals surface area contributed by atoms with E-state index < -0.39 is 0 Å². The fourth-order valence-electron chi connectivity index (χ4n) is 5.17. The third-order valence-electron chi connectivity index (χ3n) is 6.94. The molecule has 2 amide bonds. The van der Waals surface area contributed by atoms with Gasteiger partial charge in [0, 0.05) is 36.6 Å². The van der Waals surface area contributed by atoms with Gasteiger partial charge >= 0.3 is 0 Å². The summed E-state index contributed by atoms with van der Waals surface area (Å²) < 4.78 is 11.7. The second-order valence-electron chi connectivity index (χ2n) is 9.16. The first kappa shape index (κ1) is 23.6. The van der Waals surface area contributed by atoms with Crippen LogP contribution in [0.2, 0.25) is 5.02 Å². The number of hydrogen-bond donors (Lipinski definition) is 1. The first-order valence-electron chi connectivity index (χ1n) is 11.4. The van der Waals surface area contributed by atoms with E-state index in [1.165, 1.54) is 5.56 Å². The zero-order chi connectivity index (χ0) is 23.6. The lowest BCUT2D eigenvalue weighted by atomic mass is 9.72. The number of nitrogens with one attached hydrogen (secondary N) is 1. The average molecular weight is 471 g/mol. The molecule has 1 aliphatic heterocycles. The Kier molecular flexibility index (Phi) is 6.96. The highest BCUT2D eigenvalue weighted by atomic mass is 35.5. The first-order valence-corrected chi connectivity index (χ1v) is 11.8. The van der Waals surface area contributed by atoms with Gasteiger partial charge in [-0.1, -0.05) is 49.7 Å². The summed E-state index contributed by atoms with van der Waals surface area (Å²) in [4.78, 5) is 27.2. The number of amides is 2. The summed E-state index contributed by atoms with van der Waals surface area (Å²) in [5.74, 6) is 0.492. The maximum absolute atomic E-state index is 12.8. The normalized spacial score (nSPS) is 21.2. The standard InChI is InChI=1S/C26H31ClN2O4/c1-17(2)25(31)28-23-20-6-4-5-7-21(20)26(24(23)32-3)12-14-29(15-13-26)22(30)16-33-19-10-8-18(27)9-11-19/h4-11,17,23-24H,12-16H2,1-3H3,(H,28,31)/t23-,24+/m1/s1. The van der Waals surface area contributed by atoms with Crippen LogP contribution in [0.4, 0.5) is 0 Å². The molecule has 0 aromatic heterocycles. The third-order valence-corrected chi connectivity index (χ3v) is 7.19. The molecule has 6 nitrogen and oxygen atoms in total. The predicted octanol–water partition coefficient (Wildman–Crippen LogP) is 4.12. The maximum atomic E-state index is 12.8. The molecule has 1 spiro atoms. The van der Waals surface area contributed by atoms with Crippen LogP contribution < -0.4 is 10.1 Å². The Hall–Kier alpha value is -2.57. The highest BCUT2D eigenvalue weighted by molar-refractivity contribution is 6.30. The SMILES string of the molecule is CO[C@H]1[C@H](NC(=O)C(C)C)c2ccccc2C12CCN(C(=O)COc1ccc(Cl)cc1)CC2. The Bertz CT molecular complexity index is 1000. The third kappa shape index (κ3) is 4.59. The van der Waals surface area contributed by atoms with Gasteiger partial charge < -0.3 is 19.7 Å². The molecule has 1 saturated heterocycles. The summed E-state index contributed by atoms with van der Waals surface area (Å²) >= 11 is 5.90. The zero-order valence-corrected chi connectivity index (χ0v) is 20.1. The minimum Gasteiger partial charge on any atom is -0.484 e. The number of carbonyl (C=O) groups is 2. The predicted molar refractivity (Wildman–Crippen MR) is 127 cm³/mol. The van der Waals surface area contributed by atoms with Crippen LogP contribution in [0.25, 0.3) is 0 Å². The molecule has 1 aliphatic carbocycles. The number of ether oxygens (including phenoxy) is 2. The molecule has 7 heteroatoms. The number of fused-ring (bicyclic) bond motifs is 2. The smallest absolute Gasteiger partial charge is 0.260 e. The van der Waals surface area contributed by atoms with E-state index in [1.807, 2.05) is 30.9 Å². The van der Waals surface area contributed by atoms with Crippen molar-refractivity contribution in [1.82, 2.24) is 10.2 Å². The topological polar surface area (TPSA) is 67.9 Å². The van der Waals surface area contributed by atoms with Gasteiger partial charge in [-0.2, -0.15) is 0 Å². The molecule has 4 rings (SSSR count). The number of nitrogens with zero attached hydrogens (tertiary/aromatic N) is 1. The van der Waals surface area contributed by atoms with Crippen LogP contribution in [0.1, 0.15) is 43.9 Å². The fraction of sp³-hybridized carbons (Fsp3) is 0.462. The largest absolute Gasteiger partial charge is 0.484 e. The molecule has 2 aliphatic rings. The molecule has 1 N–H and O–H groups in total. The number of carbonyl (C=O) groups excluding carboxylic acids is 2. The second-order valence-corrected chi connectivity index (χ2v) is 9.60. The molecule has 0 unspecified atom stereocenters. The van der Waals surface area contributed by atoms with Gasteiger partial charge in [-0.25, -0.2) is 0 Å². The van der Waals surface area contributed by atoms with E-state index in [-0.39, 0.29) is 41.9 Å². The van der Waals surface area contributed by atoms with E-state index in [2.05, 4.69) is 17.4 Å². The zero-order valence-electron chi connectivity index (χ0n) is 19.3. The number of halogens is 1. The monoisotopic (exact) mass is 470 g/mol. The molecule has 2 aromatic carbocycles. The Morgan fingerprint density at radius 1 is 1.12 bits per heavy atom. The van der Waals surface area contributed by atoms with Crippen molar-refractivity contribution < 1.29 is 19.1 Å². The van der Waals surface area contributed by atoms with E-state index in [1.54, 1.807) is 31.4 Å². The van der Waals surface area contributed by atoms with Crippen LogP contribution in [0, 0.1) is 5.92 Å². The van der Waals surface area contributed by atoms with E-state index in [4.69, 9.17) is 21.1 Å². The minimum atomic E-state index is -0.242. The maximum Gasteiger partial charge on any atom is 0.260 e. The Balaban J connectivity index is 1.47. The van der Waals surface area contributed by atoms with Gasteiger partial charge in [-0.15, -0.1) is 0 Å². The molecule has 0 saturated carbocycles. The van der Waals surface area contributed by atoms with Crippen molar-refractivity contribution in [3.05, 3.63) is 64.7 Å². The molecule has 176 valence electrons. The molecular weight excluding hydrogens is 440 g/mol. The lowest BCUT2D eigenvalue weighted by Gasteiger charge is -2.44. The van der Waals surface area contributed by atoms with E-state index in [9.17, 15) is 9.59 Å². The quantitative estimate of drug-likeness (QED) is 0.689. The molecule has 0 bridgehead atoms. The van der Waals surface area contributed by atoms with Crippen LogP contribution in [-0.2, 0) is 19.7 Å². The Morgan fingerprint density at radius 2 is 1.79 bits per heavy atom. The van der Waals surface area contributed by atoms with Crippen molar-refractivity contribution in [3.63, 3.8) is 0 Å². The summed E-state index contributed by atoms with van der Waals surface area (Å²) in [6.07, 6.45) is 1.35. The highest BCUT2D eigenvalue weighted by Crippen LogP contribution is 2.52. The van der Waals surface area contributed by atoms with Gasteiger partial charge in [0.1, 0.15) is 5.75 Å². The fourth-order valence-corrected chi connectivity index (χ4v) is 5.29. The van der Waals surface area contributed by atoms with E-state index >= 15 is 0 Å². The first-order chi connectivity index (χ1) is 15.9. The Labute approximate surface area is 200 Å². The molecule has 2 aromatic rings. The summed E-state index contributed by atoms with van der Waals surface area (Å²) in [6, 6.07) is 15.1. The van der Waals surface area contributed by atoms with E-state index in [0.717, 1.165) is 18.4 Å². The van der Waals surface area contributed by atoms with Crippen LogP contribution in [0.3, 0.4) is 0 Å². The van der Waals surface area contributed by atoms with Gasteiger partial charge in [-0.3, -0.25) is 9.59 Å². The highest BCUT2D eigenvalue weighted by Gasteiger charge is 2.54. The second kappa shape index (κ2) is 9.74. The number of rotatable bonds is 6. The Morgan fingerprint density at radius 3 is 2.42 bits per heavy atom. The van der Waals surface area contributed by atoms with Gasteiger partial charge in [-0.05, 0) is 48.2 Å². The van der Waals surface area contributed by atoms with Crippen molar-refractivity contribution in [1.29, 1.82) is 0 Å². The number of piperidine rings is 1. The van der Waals surface area contributed by atoms with E-state index in [0.29, 0.717) is 23.9 Å². The summed E-state index contributed by atoms with van der Waals surface area (Å²) in [6.45, 7) is 5.00. The van der Waals surface area contributed by atoms with Gasteiger partial charge in [0.2, 0.25) is 5.91 Å². The van der Waals surface area contributed by atoms with Crippen molar-refractivity contribution in [2.75, 3.05) is 26.8 Å². The van der Waals surface area contributed by atoms with Crippen LogP contribution in [-0.4, -0.2) is 49.6 Å². The molecule has 1 fully saturated rings. The van der Waals surface area contributed by atoms with Crippen LogP contribution in [0.15, 0.2) is 48.5 Å². The van der Waals surface area contributed by atoms with Crippen molar-refractivity contribution >= 4 is 23.4 Å². The van der Waals surface area contributed by atoms with Gasteiger partial charge in [0.05, 0.1) is 12.1 Å². The van der Waals surface area contributed by atoms with Gasteiger partial charge in [0.25, 0.3) is 5.91 Å². The summed E-state index contributed by atoms with van der Waals surface area (Å²) in [5.41, 5.74) is 2.09. The average Bonchev–Trinajstić information content (AvgIpc) is 3.07. The molecule has 33 heavy (non-hydrogen) atoms. The molecular formula is C26H31ClN2O4. The van der Waals surface area contributed by atoms with Crippen LogP contribution in [0.5, 0.6) is 5.75 Å².